The van der Waals surface area contributed by atoms with Gasteiger partial charge in [-0.05, 0) is 12.1 Å². The smallest absolute Gasteiger partial charge is 0.258 e. The van der Waals surface area contributed by atoms with E-state index in [-0.39, 0.29) is 10.6 Å². The van der Waals surface area contributed by atoms with Gasteiger partial charge in [0, 0.05) is 12.1 Å². The van der Waals surface area contributed by atoms with E-state index in [2.05, 4.69) is 0 Å². The van der Waals surface area contributed by atoms with Crippen molar-refractivity contribution in [3.05, 3.63) is 34.4 Å². The van der Waals surface area contributed by atoms with Crippen LogP contribution in [0, 0.1) is 21.4 Å². The Morgan fingerprint density at radius 2 is 1.80 bits per heavy atom. The minimum absolute atomic E-state index is 0.287. The fraction of sp³-hybridized carbons (Fsp3) is 0.222. The molecule has 0 N–H and O–H groups in total. The second-order valence-electron chi connectivity index (χ2n) is 3.39. The SMILES string of the molecule is N#CCN(C(Cl)(Cl)Cl)S(=O)(=O)c1ccc([N+](=O)[O-])cc1. The Balaban J connectivity index is 3.27. The summed E-state index contributed by atoms with van der Waals surface area (Å²) in [6.07, 6.45) is 0. The standard InChI is InChI=1S/C9H6Cl3N3O4S/c10-9(11,12)14(6-5-13)20(18,19)8-3-1-7(2-4-8)15(16)17/h1-4H,6H2. The number of nitro groups is 1. The highest BCUT2D eigenvalue weighted by Crippen LogP contribution is 2.35. The van der Waals surface area contributed by atoms with Crippen LogP contribution in [0.25, 0.3) is 0 Å². The van der Waals surface area contributed by atoms with Crippen molar-refractivity contribution in [1.82, 2.24) is 4.31 Å². The zero-order chi connectivity index (χ0) is 15.6. The molecule has 0 aliphatic heterocycles. The molecule has 0 saturated heterocycles. The van der Waals surface area contributed by atoms with Crippen LogP contribution in [0.15, 0.2) is 29.2 Å². The van der Waals surface area contributed by atoms with Gasteiger partial charge in [0.2, 0.25) is 10.0 Å². The lowest BCUT2D eigenvalue weighted by molar-refractivity contribution is -0.384. The monoisotopic (exact) mass is 357 g/mol. The average molecular weight is 359 g/mol. The molecule has 0 saturated carbocycles. The van der Waals surface area contributed by atoms with Crippen LogP contribution in [0.4, 0.5) is 5.69 Å². The maximum absolute atomic E-state index is 12.2. The van der Waals surface area contributed by atoms with Gasteiger partial charge in [-0.25, -0.2) is 8.42 Å². The Morgan fingerprint density at radius 3 is 2.15 bits per heavy atom. The minimum atomic E-state index is -4.27. The number of nitriles is 1. The summed E-state index contributed by atoms with van der Waals surface area (Å²) in [5.74, 6) is 0. The van der Waals surface area contributed by atoms with E-state index in [0.717, 1.165) is 24.3 Å². The number of hydrogen-bond acceptors (Lipinski definition) is 5. The highest BCUT2D eigenvalue weighted by Gasteiger charge is 2.40. The lowest BCUT2D eigenvalue weighted by atomic mass is 10.3. The molecule has 0 bridgehead atoms. The summed E-state index contributed by atoms with van der Waals surface area (Å²) in [4.78, 5) is 9.49. The van der Waals surface area contributed by atoms with Gasteiger partial charge in [0.25, 0.3) is 9.60 Å². The summed E-state index contributed by atoms with van der Waals surface area (Å²) in [6.45, 7) is -0.685. The quantitative estimate of drug-likeness (QED) is 0.270. The largest absolute Gasteiger partial charge is 0.269 e. The van der Waals surface area contributed by atoms with Crippen molar-refractivity contribution >= 4 is 50.5 Å². The van der Waals surface area contributed by atoms with Crippen LogP contribution in [0.2, 0.25) is 0 Å². The maximum Gasteiger partial charge on any atom is 0.269 e. The second-order valence-corrected chi connectivity index (χ2v) is 7.47. The molecule has 7 nitrogen and oxygen atoms in total. The molecule has 0 radical (unpaired) electrons. The normalized spacial score (nSPS) is 12.2. The van der Waals surface area contributed by atoms with E-state index in [1.54, 1.807) is 6.07 Å². The lowest BCUT2D eigenvalue weighted by Gasteiger charge is -2.25. The lowest BCUT2D eigenvalue weighted by Crippen LogP contribution is -2.40. The first-order chi connectivity index (χ1) is 9.10. The molecule has 20 heavy (non-hydrogen) atoms. The Bertz CT molecular complexity index is 649. The van der Waals surface area contributed by atoms with Crippen molar-refractivity contribution in [2.24, 2.45) is 0 Å². The molecule has 0 spiro atoms. The van der Waals surface area contributed by atoms with Gasteiger partial charge in [-0.15, -0.1) is 4.31 Å². The fourth-order valence-electron chi connectivity index (χ4n) is 1.24. The van der Waals surface area contributed by atoms with Gasteiger partial charge in [-0.3, -0.25) is 10.1 Å². The van der Waals surface area contributed by atoms with Crippen molar-refractivity contribution < 1.29 is 13.3 Å². The Morgan fingerprint density at radius 1 is 1.30 bits per heavy atom. The van der Waals surface area contributed by atoms with Crippen molar-refractivity contribution in [3.63, 3.8) is 0 Å². The summed E-state index contributed by atoms with van der Waals surface area (Å²) in [5.41, 5.74) is -0.287. The van der Waals surface area contributed by atoms with Crippen molar-refractivity contribution in [2.75, 3.05) is 6.54 Å². The van der Waals surface area contributed by atoms with Gasteiger partial charge >= 0.3 is 0 Å². The zero-order valence-corrected chi connectivity index (χ0v) is 12.6. The van der Waals surface area contributed by atoms with Gasteiger partial charge in [0.05, 0.1) is 15.9 Å². The number of non-ortho nitro benzene ring substituents is 1. The van der Waals surface area contributed by atoms with E-state index in [9.17, 15) is 18.5 Å². The Kier molecular flexibility index (Phi) is 5.18. The number of rotatable bonds is 4. The molecule has 0 aromatic heterocycles. The number of alkyl halides is 3. The summed E-state index contributed by atoms with van der Waals surface area (Å²) in [7, 11) is -4.27. The third-order valence-corrected chi connectivity index (χ3v) is 4.90. The second kappa shape index (κ2) is 6.11. The van der Waals surface area contributed by atoms with Crippen LogP contribution in [-0.4, -0.2) is 28.1 Å². The molecule has 0 heterocycles. The van der Waals surface area contributed by atoms with E-state index < -0.39 is 25.4 Å². The van der Waals surface area contributed by atoms with E-state index in [4.69, 9.17) is 40.1 Å². The van der Waals surface area contributed by atoms with E-state index in [0.29, 0.717) is 4.31 Å². The number of benzene rings is 1. The van der Waals surface area contributed by atoms with Crippen LogP contribution in [0.3, 0.4) is 0 Å². The zero-order valence-electron chi connectivity index (χ0n) is 9.53. The van der Waals surface area contributed by atoms with Crippen LogP contribution in [-0.2, 0) is 10.0 Å². The number of sulfonamides is 1. The van der Waals surface area contributed by atoms with Crippen LogP contribution < -0.4 is 0 Å². The predicted molar refractivity (Wildman–Crippen MR) is 72.9 cm³/mol. The topological polar surface area (TPSA) is 104 Å². The molecule has 1 aromatic carbocycles. The molecule has 11 heteroatoms. The summed E-state index contributed by atoms with van der Waals surface area (Å²) < 4.78 is 22.4. The van der Waals surface area contributed by atoms with Gasteiger partial charge in [0.1, 0.15) is 6.54 Å². The maximum atomic E-state index is 12.2. The molecular formula is C9H6Cl3N3O4S. The number of nitrogens with zero attached hydrogens (tertiary/aromatic N) is 3. The molecule has 1 rings (SSSR count). The molecular weight excluding hydrogens is 353 g/mol. The molecule has 0 amide bonds. The van der Waals surface area contributed by atoms with E-state index in [1.807, 2.05) is 0 Å². The van der Waals surface area contributed by atoms with Crippen LogP contribution in [0.1, 0.15) is 0 Å². The van der Waals surface area contributed by atoms with Crippen molar-refractivity contribution in [3.8, 4) is 6.07 Å². The van der Waals surface area contributed by atoms with Gasteiger partial charge < -0.3 is 0 Å². The molecule has 0 aliphatic rings. The molecule has 1 aromatic rings. The first kappa shape index (κ1) is 16.9. The number of halogens is 3. The Hall–Kier alpha value is -1.11. The summed E-state index contributed by atoms with van der Waals surface area (Å²) in [6, 6.07) is 5.55. The third-order valence-electron chi connectivity index (χ3n) is 2.13. The molecule has 0 fully saturated rings. The Labute approximate surface area is 129 Å². The highest BCUT2D eigenvalue weighted by atomic mass is 35.6. The fourth-order valence-corrected chi connectivity index (χ4v) is 3.47. The molecule has 0 atom stereocenters. The molecule has 108 valence electrons. The average Bonchev–Trinajstić information content (AvgIpc) is 2.34. The van der Waals surface area contributed by atoms with E-state index >= 15 is 0 Å². The van der Waals surface area contributed by atoms with E-state index in [1.165, 1.54) is 0 Å². The van der Waals surface area contributed by atoms with Crippen LogP contribution in [0.5, 0.6) is 0 Å². The van der Waals surface area contributed by atoms with Crippen molar-refractivity contribution in [1.29, 1.82) is 5.26 Å². The summed E-state index contributed by atoms with van der Waals surface area (Å²) >= 11 is 16.5. The predicted octanol–water partition coefficient (Wildman–Crippen LogP) is 2.44. The van der Waals surface area contributed by atoms with Gasteiger partial charge in [0.15, 0.2) is 0 Å². The minimum Gasteiger partial charge on any atom is -0.258 e. The highest BCUT2D eigenvalue weighted by molar-refractivity contribution is 7.89. The van der Waals surface area contributed by atoms with Crippen LogP contribution >= 0.6 is 34.8 Å². The third kappa shape index (κ3) is 3.71. The molecule has 0 aliphatic carbocycles. The van der Waals surface area contributed by atoms with Gasteiger partial charge in [-0.2, -0.15) is 5.26 Å². The number of hydrogen-bond donors (Lipinski definition) is 0. The van der Waals surface area contributed by atoms with Gasteiger partial charge in [-0.1, -0.05) is 34.8 Å². The van der Waals surface area contributed by atoms with Crippen molar-refractivity contribution in [2.45, 2.75) is 8.81 Å². The molecule has 0 unspecified atom stereocenters. The first-order valence-corrected chi connectivity index (χ1v) is 7.39. The summed E-state index contributed by atoms with van der Waals surface area (Å²) in [5, 5.41) is 19.1. The first-order valence-electron chi connectivity index (χ1n) is 4.81. The number of nitro benzene ring substituents is 1.